The first-order valence-corrected chi connectivity index (χ1v) is 7.97. The van der Waals surface area contributed by atoms with Crippen LogP contribution in [-0.4, -0.2) is 77.7 Å². The number of piperazine rings is 1. The van der Waals surface area contributed by atoms with Crippen LogP contribution in [-0.2, 0) is 19.1 Å². The number of rotatable bonds is 3. The number of primary amides is 1. The first-order valence-electron chi connectivity index (χ1n) is 7.97. The number of hydrogen-bond acceptors (Lipinski definition) is 8. The molecular formula is C16H19N3O6. The van der Waals surface area contributed by atoms with E-state index in [9.17, 15) is 19.5 Å². The van der Waals surface area contributed by atoms with Crippen molar-refractivity contribution in [1.29, 1.82) is 0 Å². The van der Waals surface area contributed by atoms with Gasteiger partial charge in [-0.15, -0.1) is 0 Å². The highest BCUT2D eigenvalue weighted by atomic mass is 16.5. The number of ether oxygens (including phenoxy) is 2. The van der Waals surface area contributed by atoms with Crippen LogP contribution in [0.3, 0.4) is 0 Å². The molecule has 9 nitrogen and oxygen atoms in total. The third kappa shape index (κ3) is 1.77. The zero-order chi connectivity index (χ0) is 18.3. The summed E-state index contributed by atoms with van der Waals surface area (Å²) in [7, 11) is 3.18. The van der Waals surface area contributed by atoms with Crippen molar-refractivity contribution in [3.05, 3.63) is 22.6 Å². The van der Waals surface area contributed by atoms with Gasteiger partial charge in [0.25, 0.3) is 0 Å². The van der Waals surface area contributed by atoms with Gasteiger partial charge in [0, 0.05) is 23.7 Å². The van der Waals surface area contributed by atoms with Crippen molar-refractivity contribution in [2.45, 2.75) is 24.7 Å². The molecule has 0 radical (unpaired) electrons. The highest BCUT2D eigenvalue weighted by molar-refractivity contribution is 6.25. The number of carbonyl (C=O) groups is 3. The van der Waals surface area contributed by atoms with E-state index >= 15 is 0 Å². The van der Waals surface area contributed by atoms with Crippen molar-refractivity contribution in [2.24, 2.45) is 11.7 Å². The van der Waals surface area contributed by atoms with E-state index in [0.29, 0.717) is 6.54 Å². The van der Waals surface area contributed by atoms with Gasteiger partial charge in [0.2, 0.25) is 11.6 Å². The molecule has 2 saturated heterocycles. The Balaban J connectivity index is 1.82. The molecule has 4 rings (SSSR count). The molecule has 1 amide bonds. The number of ketones is 2. The largest absolute Gasteiger partial charge is 0.492 e. The van der Waals surface area contributed by atoms with E-state index in [4.69, 9.17) is 15.2 Å². The smallest absolute Gasteiger partial charge is 0.404 e. The van der Waals surface area contributed by atoms with Gasteiger partial charge in [-0.3, -0.25) is 14.5 Å². The van der Waals surface area contributed by atoms with Gasteiger partial charge in [-0.1, -0.05) is 0 Å². The molecule has 25 heavy (non-hydrogen) atoms. The number of fused-ring (bicyclic) bond motifs is 4. The first-order chi connectivity index (χ1) is 11.7. The fourth-order valence-corrected chi connectivity index (χ4v) is 4.60. The van der Waals surface area contributed by atoms with E-state index in [1.807, 2.05) is 11.9 Å². The summed E-state index contributed by atoms with van der Waals surface area (Å²) in [6, 6.07) is -0.155. The van der Waals surface area contributed by atoms with Crippen LogP contribution in [0.4, 0.5) is 4.79 Å². The van der Waals surface area contributed by atoms with Crippen molar-refractivity contribution >= 4 is 17.7 Å². The quantitative estimate of drug-likeness (QED) is 0.477. The van der Waals surface area contributed by atoms with E-state index in [1.54, 1.807) is 4.90 Å². The molecule has 5 atom stereocenters. The van der Waals surface area contributed by atoms with Crippen LogP contribution in [0, 0.1) is 5.92 Å². The lowest BCUT2D eigenvalue weighted by Crippen LogP contribution is -2.53. The maximum atomic E-state index is 12.9. The van der Waals surface area contributed by atoms with Crippen LogP contribution < -0.4 is 5.73 Å². The third-order valence-corrected chi connectivity index (χ3v) is 5.80. The van der Waals surface area contributed by atoms with Crippen LogP contribution in [0.2, 0.25) is 0 Å². The number of carbonyl (C=O) groups excluding carboxylic acids is 3. The Morgan fingerprint density at radius 1 is 1.40 bits per heavy atom. The minimum Gasteiger partial charge on any atom is -0.492 e. The molecule has 0 bridgehead atoms. The third-order valence-electron chi connectivity index (χ3n) is 5.80. The Morgan fingerprint density at radius 2 is 2.08 bits per heavy atom. The summed E-state index contributed by atoms with van der Waals surface area (Å²) < 4.78 is 10.0. The predicted octanol–water partition coefficient (Wildman–Crippen LogP) is -1.28. The van der Waals surface area contributed by atoms with Gasteiger partial charge >= 0.3 is 6.09 Å². The number of nitrogens with zero attached hydrogens (tertiary/aromatic N) is 2. The van der Waals surface area contributed by atoms with Crippen LogP contribution in [0.25, 0.3) is 0 Å². The van der Waals surface area contributed by atoms with E-state index in [-0.39, 0.29) is 47.1 Å². The summed E-state index contributed by atoms with van der Waals surface area (Å²) in [6.45, 7) is 1.67. The van der Waals surface area contributed by atoms with Gasteiger partial charge < -0.3 is 25.2 Å². The molecule has 3 aliphatic heterocycles. The van der Waals surface area contributed by atoms with Gasteiger partial charge in [0.15, 0.2) is 11.5 Å². The molecule has 3 N–H and O–H groups in total. The standard InChI is InChI=1S/C16H19N3O6/c1-6-11(20)10-9(12(21)13(6)24-3)7(5-25-15(17)22)16(23)14-8(18(14)2)4-19(10)16/h7-8,14,23H,4-5H2,1-3H3,(H2,17,22)/t7-,8+,14+,16-,18?/m0/s1. The van der Waals surface area contributed by atoms with Gasteiger partial charge in [-0.2, -0.15) is 0 Å². The predicted molar refractivity (Wildman–Crippen MR) is 82.8 cm³/mol. The topological polar surface area (TPSA) is 122 Å². The van der Waals surface area contributed by atoms with Gasteiger partial charge in [-0.25, -0.2) is 4.79 Å². The van der Waals surface area contributed by atoms with E-state index < -0.39 is 23.5 Å². The lowest BCUT2D eigenvalue weighted by molar-refractivity contribution is -0.126. The molecule has 0 saturated carbocycles. The molecule has 134 valence electrons. The minimum absolute atomic E-state index is 0.0432. The van der Waals surface area contributed by atoms with Crippen molar-refractivity contribution in [3.8, 4) is 0 Å². The number of methoxy groups -OCH3 is 1. The Kier molecular flexibility index (Phi) is 3.11. The summed E-state index contributed by atoms with van der Waals surface area (Å²) >= 11 is 0. The second kappa shape index (κ2) is 4.83. The average molecular weight is 349 g/mol. The molecule has 2 fully saturated rings. The molecule has 0 spiro atoms. The fourth-order valence-electron chi connectivity index (χ4n) is 4.60. The molecule has 1 unspecified atom stereocenters. The Labute approximate surface area is 143 Å². The number of Topliss-reactive ketones (excluding diaryl/α,β-unsaturated/α-hetero) is 2. The molecule has 3 heterocycles. The SMILES string of the molecule is COC1=C(C)C(=O)C2=C(C1=O)[C@H](COC(N)=O)[C@]1(O)[C@H]3[C@@H](CN21)N3C. The zero-order valence-electron chi connectivity index (χ0n) is 14.1. The van der Waals surface area contributed by atoms with Crippen LogP contribution in [0.15, 0.2) is 22.6 Å². The molecule has 0 aromatic carbocycles. The van der Waals surface area contributed by atoms with Crippen molar-refractivity contribution in [1.82, 2.24) is 9.80 Å². The van der Waals surface area contributed by atoms with Crippen molar-refractivity contribution in [3.63, 3.8) is 0 Å². The van der Waals surface area contributed by atoms with Gasteiger partial charge in [0.05, 0.1) is 24.8 Å². The maximum absolute atomic E-state index is 12.9. The molecule has 0 aromatic heterocycles. The number of hydrogen-bond donors (Lipinski definition) is 2. The molecule has 0 aromatic rings. The summed E-state index contributed by atoms with van der Waals surface area (Å²) in [6.07, 6.45) is -1.00. The zero-order valence-corrected chi connectivity index (χ0v) is 14.1. The van der Waals surface area contributed by atoms with Gasteiger partial charge in [-0.05, 0) is 14.0 Å². The monoisotopic (exact) mass is 349 g/mol. The summed E-state index contributed by atoms with van der Waals surface area (Å²) in [5.41, 5.74) is 4.09. The molecular weight excluding hydrogens is 330 g/mol. The van der Waals surface area contributed by atoms with Crippen molar-refractivity contribution in [2.75, 3.05) is 27.3 Å². The minimum atomic E-state index is -1.49. The van der Waals surface area contributed by atoms with E-state index in [0.717, 1.165) is 0 Å². The van der Waals surface area contributed by atoms with Gasteiger partial charge in [0.1, 0.15) is 6.61 Å². The Bertz CT molecular complexity index is 787. The number of amides is 1. The number of aliphatic hydroxyl groups is 1. The normalized spacial score (nSPS) is 38.6. The molecule has 9 heteroatoms. The van der Waals surface area contributed by atoms with E-state index in [2.05, 4.69) is 0 Å². The average Bonchev–Trinajstić information content (AvgIpc) is 2.96. The second-order valence-corrected chi connectivity index (χ2v) is 6.83. The summed E-state index contributed by atoms with van der Waals surface area (Å²) in [5.74, 6) is -1.73. The summed E-state index contributed by atoms with van der Waals surface area (Å²) in [4.78, 5) is 40.4. The van der Waals surface area contributed by atoms with Crippen LogP contribution in [0.5, 0.6) is 0 Å². The van der Waals surface area contributed by atoms with Crippen molar-refractivity contribution < 1.29 is 29.0 Å². The first kappa shape index (κ1) is 16.1. The lowest BCUT2D eigenvalue weighted by atomic mass is 9.83. The highest BCUT2D eigenvalue weighted by Crippen LogP contribution is 2.57. The number of likely N-dealkylation sites (N-methyl/N-ethyl adjacent to an activating group) is 1. The fraction of sp³-hybridized carbons (Fsp3) is 0.562. The summed E-state index contributed by atoms with van der Waals surface area (Å²) in [5, 5.41) is 11.4. The van der Waals surface area contributed by atoms with Crippen LogP contribution >= 0.6 is 0 Å². The number of nitrogens with two attached hydrogens (primary N) is 1. The number of allylic oxidation sites excluding steroid dienone is 2. The lowest BCUT2D eigenvalue weighted by Gasteiger charge is -2.37. The highest BCUT2D eigenvalue weighted by Gasteiger charge is 2.74. The molecule has 4 aliphatic rings. The second-order valence-electron chi connectivity index (χ2n) is 6.83. The maximum Gasteiger partial charge on any atom is 0.404 e. The Morgan fingerprint density at radius 3 is 2.68 bits per heavy atom. The Hall–Kier alpha value is -2.39. The van der Waals surface area contributed by atoms with Crippen LogP contribution in [0.1, 0.15) is 6.92 Å². The molecule has 1 aliphatic carbocycles. The van der Waals surface area contributed by atoms with E-state index in [1.165, 1.54) is 14.0 Å².